The van der Waals surface area contributed by atoms with Crippen LogP contribution in [-0.4, -0.2) is 18.6 Å². The fraction of sp³-hybridized carbons (Fsp3) is 0.471. The lowest BCUT2D eigenvalue weighted by Gasteiger charge is -2.20. The molecule has 0 radical (unpaired) electrons. The van der Waals surface area contributed by atoms with Gasteiger partial charge in [0.1, 0.15) is 0 Å². The molecule has 1 heterocycles. The van der Waals surface area contributed by atoms with Gasteiger partial charge in [-0.2, -0.15) is 0 Å². The van der Waals surface area contributed by atoms with Crippen molar-refractivity contribution in [3.05, 3.63) is 45.9 Å². The third kappa shape index (κ3) is 4.83. The zero-order valence-electron chi connectivity index (χ0n) is 13.4. The molecule has 2 aromatic rings. The molecule has 114 valence electrons. The first kappa shape index (κ1) is 16.0. The summed E-state index contributed by atoms with van der Waals surface area (Å²) in [4.78, 5) is 6.59. The van der Waals surface area contributed by atoms with Crippen molar-refractivity contribution >= 4 is 17.0 Å². The average Bonchev–Trinajstić information content (AvgIpc) is 2.93. The van der Waals surface area contributed by atoms with Gasteiger partial charge < -0.3 is 10.2 Å². The summed E-state index contributed by atoms with van der Waals surface area (Å²) in [5.41, 5.74) is 6.98. The molecule has 0 saturated carbocycles. The van der Waals surface area contributed by atoms with Crippen LogP contribution in [0.1, 0.15) is 30.7 Å². The van der Waals surface area contributed by atoms with E-state index in [1.807, 2.05) is 5.51 Å². The van der Waals surface area contributed by atoms with Gasteiger partial charge in [0, 0.05) is 24.7 Å². The second-order valence-electron chi connectivity index (χ2n) is 5.97. The normalized spacial score (nSPS) is 11.1. The van der Waals surface area contributed by atoms with Gasteiger partial charge in [-0.25, -0.2) is 4.98 Å². The van der Waals surface area contributed by atoms with Crippen molar-refractivity contribution in [1.82, 2.24) is 10.3 Å². The van der Waals surface area contributed by atoms with E-state index < -0.39 is 0 Å². The van der Waals surface area contributed by atoms with Crippen molar-refractivity contribution in [2.75, 3.05) is 18.5 Å². The molecule has 0 saturated heterocycles. The third-order valence-corrected chi connectivity index (χ3v) is 4.15. The van der Waals surface area contributed by atoms with Crippen molar-refractivity contribution in [2.45, 2.75) is 33.9 Å². The van der Waals surface area contributed by atoms with Gasteiger partial charge in [-0.15, -0.1) is 11.3 Å². The highest BCUT2D eigenvalue weighted by Crippen LogP contribution is 2.20. The smallest absolute Gasteiger partial charge is 0.0795 e. The Morgan fingerprint density at radius 1 is 1.33 bits per heavy atom. The molecule has 1 aromatic carbocycles. The maximum atomic E-state index is 4.35. The van der Waals surface area contributed by atoms with Gasteiger partial charge in [-0.05, 0) is 42.6 Å². The molecule has 0 bridgehead atoms. The highest BCUT2D eigenvalue weighted by atomic mass is 32.1. The molecule has 0 aliphatic carbocycles. The minimum absolute atomic E-state index is 0.689. The molecule has 3 nitrogen and oxygen atoms in total. The molecule has 21 heavy (non-hydrogen) atoms. The van der Waals surface area contributed by atoms with Gasteiger partial charge >= 0.3 is 0 Å². The Balaban J connectivity index is 1.97. The number of hydrogen-bond acceptors (Lipinski definition) is 4. The van der Waals surface area contributed by atoms with Crippen LogP contribution in [-0.2, 0) is 13.1 Å². The number of anilines is 1. The summed E-state index contributed by atoms with van der Waals surface area (Å²) in [6, 6.07) is 6.69. The number of rotatable bonds is 7. The van der Waals surface area contributed by atoms with Crippen LogP contribution in [0.25, 0.3) is 0 Å². The summed E-state index contributed by atoms with van der Waals surface area (Å²) in [5.74, 6) is 0.689. The predicted molar refractivity (Wildman–Crippen MR) is 91.9 cm³/mol. The monoisotopic (exact) mass is 303 g/mol. The van der Waals surface area contributed by atoms with Crippen LogP contribution >= 0.6 is 11.3 Å². The van der Waals surface area contributed by atoms with Crippen molar-refractivity contribution in [1.29, 1.82) is 0 Å². The van der Waals surface area contributed by atoms with Crippen LogP contribution < -0.4 is 10.2 Å². The Morgan fingerprint density at radius 3 is 2.76 bits per heavy atom. The first-order valence-electron chi connectivity index (χ1n) is 7.44. The number of nitrogens with one attached hydrogen (secondary N) is 1. The van der Waals surface area contributed by atoms with Crippen molar-refractivity contribution < 1.29 is 0 Å². The van der Waals surface area contributed by atoms with Crippen LogP contribution in [0.15, 0.2) is 29.1 Å². The van der Waals surface area contributed by atoms with E-state index in [0.29, 0.717) is 5.92 Å². The molecule has 0 aliphatic rings. The Kier molecular flexibility index (Phi) is 5.76. The molecule has 0 amide bonds. The molecule has 0 fully saturated rings. The first-order chi connectivity index (χ1) is 10.1. The fourth-order valence-corrected chi connectivity index (χ4v) is 2.81. The van der Waals surface area contributed by atoms with E-state index >= 15 is 0 Å². The van der Waals surface area contributed by atoms with E-state index in [0.717, 1.165) is 25.3 Å². The number of nitrogens with zero attached hydrogens (tertiary/aromatic N) is 2. The molecule has 0 spiro atoms. The maximum absolute atomic E-state index is 4.35. The number of benzene rings is 1. The summed E-state index contributed by atoms with van der Waals surface area (Å²) in [5, 5.41) is 5.61. The lowest BCUT2D eigenvalue weighted by molar-refractivity contribution is 0.551. The standard InChI is InChI=1S/C17H25N3S/c1-13(2)8-18-9-15-5-6-17(7-14(15)3)20(4)10-16-11-21-12-19-16/h5-7,11-13,18H,8-10H2,1-4H3. The highest BCUT2D eigenvalue weighted by molar-refractivity contribution is 7.07. The first-order valence-corrected chi connectivity index (χ1v) is 8.39. The van der Waals surface area contributed by atoms with Gasteiger partial charge in [-0.3, -0.25) is 0 Å². The third-order valence-electron chi connectivity index (χ3n) is 3.52. The Morgan fingerprint density at radius 2 is 2.14 bits per heavy atom. The Hall–Kier alpha value is -1.39. The zero-order valence-corrected chi connectivity index (χ0v) is 14.2. The van der Waals surface area contributed by atoms with Crippen LogP contribution in [0.5, 0.6) is 0 Å². The molecule has 1 N–H and O–H groups in total. The predicted octanol–water partition coefficient (Wildman–Crippen LogP) is 3.83. The second-order valence-corrected chi connectivity index (χ2v) is 6.69. The van der Waals surface area contributed by atoms with E-state index in [9.17, 15) is 0 Å². The summed E-state index contributed by atoms with van der Waals surface area (Å²) in [6.07, 6.45) is 0. The van der Waals surface area contributed by atoms with Crippen LogP contribution in [0.4, 0.5) is 5.69 Å². The fourth-order valence-electron chi connectivity index (χ4n) is 2.26. The molecule has 4 heteroatoms. The average molecular weight is 303 g/mol. The SMILES string of the molecule is Cc1cc(N(C)Cc2cscn2)ccc1CNCC(C)C. The molecule has 0 atom stereocenters. The molecule has 2 rings (SSSR count). The molecule has 0 unspecified atom stereocenters. The van der Waals surface area contributed by atoms with E-state index in [2.05, 4.69) is 66.6 Å². The van der Waals surface area contributed by atoms with Crippen LogP contribution in [0.3, 0.4) is 0 Å². The summed E-state index contributed by atoms with van der Waals surface area (Å²) in [6.45, 7) is 9.51. The minimum atomic E-state index is 0.689. The lowest BCUT2D eigenvalue weighted by Crippen LogP contribution is -2.20. The molecular weight excluding hydrogens is 278 g/mol. The lowest BCUT2D eigenvalue weighted by atomic mass is 10.1. The summed E-state index contributed by atoms with van der Waals surface area (Å²) in [7, 11) is 2.12. The van der Waals surface area contributed by atoms with E-state index in [1.54, 1.807) is 11.3 Å². The van der Waals surface area contributed by atoms with Gasteiger partial charge in [0.15, 0.2) is 0 Å². The molecular formula is C17H25N3S. The number of aryl methyl sites for hydroxylation is 1. The molecule has 0 aliphatic heterocycles. The van der Waals surface area contributed by atoms with Crippen molar-refractivity contribution in [2.24, 2.45) is 5.92 Å². The topological polar surface area (TPSA) is 28.2 Å². The second kappa shape index (κ2) is 7.57. The highest BCUT2D eigenvalue weighted by Gasteiger charge is 2.06. The molecule has 1 aromatic heterocycles. The minimum Gasteiger partial charge on any atom is -0.369 e. The van der Waals surface area contributed by atoms with Crippen molar-refractivity contribution in [3.8, 4) is 0 Å². The van der Waals surface area contributed by atoms with E-state index in [1.165, 1.54) is 16.8 Å². The zero-order chi connectivity index (χ0) is 15.2. The number of thiazole rings is 1. The van der Waals surface area contributed by atoms with Gasteiger partial charge in [0.05, 0.1) is 17.7 Å². The number of aromatic nitrogens is 1. The van der Waals surface area contributed by atoms with Gasteiger partial charge in [-0.1, -0.05) is 19.9 Å². The maximum Gasteiger partial charge on any atom is 0.0795 e. The van der Waals surface area contributed by atoms with Crippen LogP contribution in [0, 0.1) is 12.8 Å². The summed E-state index contributed by atoms with van der Waals surface area (Å²) >= 11 is 1.65. The Labute approximate surface area is 132 Å². The summed E-state index contributed by atoms with van der Waals surface area (Å²) < 4.78 is 0. The van der Waals surface area contributed by atoms with E-state index in [4.69, 9.17) is 0 Å². The van der Waals surface area contributed by atoms with Gasteiger partial charge in [0.25, 0.3) is 0 Å². The van der Waals surface area contributed by atoms with E-state index in [-0.39, 0.29) is 0 Å². The largest absolute Gasteiger partial charge is 0.369 e. The Bertz CT molecular complexity index is 549. The quantitative estimate of drug-likeness (QED) is 0.842. The number of hydrogen-bond donors (Lipinski definition) is 1. The van der Waals surface area contributed by atoms with Gasteiger partial charge in [0.2, 0.25) is 0 Å². The van der Waals surface area contributed by atoms with Crippen molar-refractivity contribution in [3.63, 3.8) is 0 Å². The van der Waals surface area contributed by atoms with Crippen LogP contribution in [0.2, 0.25) is 0 Å².